The molecule has 0 radical (unpaired) electrons. The number of rotatable bonds is 8. The molecule has 0 aliphatic carbocycles. The number of aryl methyl sites for hydroxylation is 2. The molecule has 2 heterocycles. The molecular formula is C20H23ClN4O4S. The van der Waals surface area contributed by atoms with Gasteiger partial charge in [-0.15, -0.1) is 0 Å². The second-order valence-corrected chi connectivity index (χ2v) is 8.55. The SMILES string of the molecule is CCCCOS(=O)(=O)NC(=O)C=Cc1c(C)nn(C)c1-n1ccc2cc(Cl)ccc21. The Morgan fingerprint density at radius 2 is 2.10 bits per heavy atom. The van der Waals surface area contributed by atoms with Crippen LogP contribution in [-0.2, 0) is 26.3 Å². The zero-order chi connectivity index (χ0) is 21.9. The van der Waals surface area contributed by atoms with Gasteiger partial charge in [0.15, 0.2) is 0 Å². The van der Waals surface area contributed by atoms with Crippen molar-refractivity contribution in [1.29, 1.82) is 0 Å². The largest absolute Gasteiger partial charge is 0.362 e. The highest BCUT2D eigenvalue weighted by molar-refractivity contribution is 7.85. The summed E-state index contributed by atoms with van der Waals surface area (Å²) in [7, 11) is -2.34. The van der Waals surface area contributed by atoms with Gasteiger partial charge in [-0.1, -0.05) is 24.9 Å². The number of fused-ring (bicyclic) bond motifs is 1. The molecular weight excluding hydrogens is 428 g/mol. The lowest BCUT2D eigenvalue weighted by molar-refractivity contribution is -0.114. The fourth-order valence-electron chi connectivity index (χ4n) is 3.10. The first-order valence-corrected chi connectivity index (χ1v) is 11.2. The molecule has 1 N–H and O–H groups in total. The first kappa shape index (κ1) is 22.1. The molecule has 160 valence electrons. The summed E-state index contributed by atoms with van der Waals surface area (Å²) in [6, 6.07) is 7.50. The highest BCUT2D eigenvalue weighted by Gasteiger charge is 2.17. The van der Waals surface area contributed by atoms with Crippen LogP contribution in [0.5, 0.6) is 0 Å². The van der Waals surface area contributed by atoms with E-state index in [1.54, 1.807) is 17.8 Å². The average molecular weight is 451 g/mol. The first-order valence-electron chi connectivity index (χ1n) is 9.41. The molecule has 0 unspecified atom stereocenters. The van der Waals surface area contributed by atoms with Gasteiger partial charge in [0.1, 0.15) is 5.82 Å². The van der Waals surface area contributed by atoms with E-state index in [1.807, 2.05) is 47.5 Å². The van der Waals surface area contributed by atoms with Crippen LogP contribution >= 0.6 is 11.6 Å². The van der Waals surface area contributed by atoms with Crippen LogP contribution in [0.4, 0.5) is 0 Å². The van der Waals surface area contributed by atoms with Gasteiger partial charge < -0.3 is 4.57 Å². The molecule has 2 aromatic heterocycles. The molecule has 0 saturated carbocycles. The standard InChI is InChI=1S/C20H23ClN4O4S/c1-4-5-12-29-30(27,28)23-19(26)9-7-17-14(2)22-24(3)20(17)25-11-10-15-13-16(21)6-8-18(15)25/h6-11,13H,4-5,12H2,1-3H3,(H,23,26). The summed E-state index contributed by atoms with van der Waals surface area (Å²) in [4.78, 5) is 12.1. The van der Waals surface area contributed by atoms with Crippen molar-refractivity contribution in [2.24, 2.45) is 7.05 Å². The molecule has 1 amide bonds. The second kappa shape index (κ2) is 9.03. The second-order valence-electron chi connectivity index (χ2n) is 6.76. The Labute approximate surface area is 180 Å². The van der Waals surface area contributed by atoms with Gasteiger partial charge in [-0.2, -0.15) is 13.5 Å². The zero-order valence-electron chi connectivity index (χ0n) is 16.9. The summed E-state index contributed by atoms with van der Waals surface area (Å²) in [5.74, 6) is -0.0687. The van der Waals surface area contributed by atoms with E-state index in [4.69, 9.17) is 15.8 Å². The van der Waals surface area contributed by atoms with Crippen molar-refractivity contribution in [2.75, 3.05) is 6.61 Å². The highest BCUT2D eigenvalue weighted by atomic mass is 35.5. The summed E-state index contributed by atoms with van der Waals surface area (Å²) in [6.07, 6.45) is 5.94. The Hall–Kier alpha value is -2.62. The molecule has 0 saturated heterocycles. The van der Waals surface area contributed by atoms with Crippen LogP contribution in [0.3, 0.4) is 0 Å². The molecule has 0 aliphatic heterocycles. The number of halogens is 1. The van der Waals surface area contributed by atoms with Gasteiger partial charge in [-0.25, -0.2) is 4.72 Å². The van der Waals surface area contributed by atoms with Crippen molar-refractivity contribution < 1.29 is 17.4 Å². The summed E-state index contributed by atoms with van der Waals surface area (Å²) in [5.41, 5.74) is 2.30. The molecule has 3 aromatic rings. The van der Waals surface area contributed by atoms with Gasteiger partial charge in [-0.05, 0) is 43.7 Å². The molecule has 0 aliphatic rings. The number of hydrogen-bond donors (Lipinski definition) is 1. The third kappa shape index (κ3) is 4.92. The summed E-state index contributed by atoms with van der Waals surface area (Å²) in [6.45, 7) is 3.75. The van der Waals surface area contributed by atoms with E-state index in [2.05, 4.69) is 5.10 Å². The number of unbranched alkanes of at least 4 members (excludes halogenated alkanes) is 1. The molecule has 0 spiro atoms. The van der Waals surface area contributed by atoms with E-state index in [0.29, 0.717) is 22.7 Å². The normalized spacial score (nSPS) is 12.1. The molecule has 10 heteroatoms. The van der Waals surface area contributed by atoms with Crippen molar-refractivity contribution in [3.8, 4) is 5.82 Å². The predicted octanol–water partition coefficient (Wildman–Crippen LogP) is 3.52. The van der Waals surface area contributed by atoms with Crippen LogP contribution in [0.2, 0.25) is 5.02 Å². The molecule has 0 bridgehead atoms. The third-order valence-corrected chi connectivity index (χ3v) is 5.64. The Bertz CT molecular complexity index is 1210. The van der Waals surface area contributed by atoms with Gasteiger partial charge in [0.2, 0.25) is 0 Å². The Kier molecular flexibility index (Phi) is 6.64. The molecule has 0 atom stereocenters. The smallest absolute Gasteiger partial charge is 0.301 e. The fourth-order valence-corrected chi connectivity index (χ4v) is 3.99. The Morgan fingerprint density at radius 1 is 1.33 bits per heavy atom. The zero-order valence-corrected chi connectivity index (χ0v) is 18.5. The highest BCUT2D eigenvalue weighted by Crippen LogP contribution is 2.27. The number of carbonyl (C=O) groups is 1. The first-order chi connectivity index (χ1) is 14.2. The van der Waals surface area contributed by atoms with E-state index < -0.39 is 16.2 Å². The van der Waals surface area contributed by atoms with Crippen molar-refractivity contribution in [3.05, 3.63) is 52.8 Å². The van der Waals surface area contributed by atoms with Crippen LogP contribution < -0.4 is 4.72 Å². The average Bonchev–Trinajstić information content (AvgIpc) is 3.18. The fraction of sp³-hybridized carbons (Fsp3) is 0.300. The lowest BCUT2D eigenvalue weighted by atomic mass is 10.2. The van der Waals surface area contributed by atoms with Crippen molar-refractivity contribution >= 4 is 44.8 Å². The molecule has 30 heavy (non-hydrogen) atoms. The minimum Gasteiger partial charge on any atom is -0.301 e. The number of nitrogens with zero attached hydrogens (tertiary/aromatic N) is 3. The minimum absolute atomic E-state index is 0.0272. The number of hydrogen-bond acceptors (Lipinski definition) is 5. The lowest BCUT2D eigenvalue weighted by Crippen LogP contribution is -2.30. The van der Waals surface area contributed by atoms with E-state index in [1.165, 1.54) is 6.08 Å². The third-order valence-electron chi connectivity index (χ3n) is 4.48. The van der Waals surface area contributed by atoms with E-state index in [0.717, 1.165) is 29.2 Å². The monoisotopic (exact) mass is 450 g/mol. The molecule has 8 nitrogen and oxygen atoms in total. The van der Waals surface area contributed by atoms with Crippen molar-refractivity contribution in [1.82, 2.24) is 19.1 Å². The van der Waals surface area contributed by atoms with Gasteiger partial charge in [-0.3, -0.25) is 13.7 Å². The molecule has 1 aromatic carbocycles. The predicted molar refractivity (Wildman–Crippen MR) is 117 cm³/mol. The van der Waals surface area contributed by atoms with Crippen molar-refractivity contribution in [3.63, 3.8) is 0 Å². The summed E-state index contributed by atoms with van der Waals surface area (Å²) >= 11 is 6.08. The molecule has 0 fully saturated rings. The Morgan fingerprint density at radius 3 is 2.83 bits per heavy atom. The van der Waals surface area contributed by atoms with Crippen LogP contribution in [0.1, 0.15) is 31.0 Å². The number of nitrogens with one attached hydrogen (secondary N) is 1. The minimum atomic E-state index is -4.14. The van der Waals surface area contributed by atoms with E-state index in [9.17, 15) is 13.2 Å². The van der Waals surface area contributed by atoms with Crippen LogP contribution in [0, 0.1) is 6.92 Å². The maximum absolute atomic E-state index is 12.1. The van der Waals surface area contributed by atoms with Gasteiger partial charge in [0.05, 0.1) is 17.8 Å². The maximum Gasteiger partial charge on any atom is 0.362 e. The van der Waals surface area contributed by atoms with E-state index in [-0.39, 0.29) is 6.61 Å². The van der Waals surface area contributed by atoms with Gasteiger partial charge in [0.25, 0.3) is 5.91 Å². The quantitative estimate of drug-likeness (QED) is 0.418. The van der Waals surface area contributed by atoms with Crippen molar-refractivity contribution in [2.45, 2.75) is 26.7 Å². The lowest BCUT2D eigenvalue weighted by Gasteiger charge is -2.08. The van der Waals surface area contributed by atoms with Crippen LogP contribution in [-0.4, -0.2) is 35.3 Å². The molecule has 3 rings (SSSR count). The van der Waals surface area contributed by atoms with Crippen LogP contribution in [0.15, 0.2) is 36.5 Å². The number of carbonyl (C=O) groups excluding carboxylic acids is 1. The van der Waals surface area contributed by atoms with Gasteiger partial charge >= 0.3 is 10.3 Å². The summed E-state index contributed by atoms with van der Waals surface area (Å²) in [5, 5.41) is 6.04. The topological polar surface area (TPSA) is 95.2 Å². The number of benzene rings is 1. The Balaban J connectivity index is 1.88. The van der Waals surface area contributed by atoms with Gasteiger partial charge in [0, 0.05) is 35.3 Å². The van der Waals surface area contributed by atoms with Crippen LogP contribution in [0.25, 0.3) is 22.8 Å². The van der Waals surface area contributed by atoms with E-state index >= 15 is 0 Å². The maximum atomic E-state index is 12.1. The summed E-state index contributed by atoms with van der Waals surface area (Å²) < 4.78 is 33.9. The number of amides is 1. The number of aromatic nitrogens is 3.